The second kappa shape index (κ2) is 12.4. The van der Waals surface area contributed by atoms with Gasteiger partial charge in [-0.1, -0.05) is 31.0 Å². The standard InChI is InChI=1S/C21H33N3O2.HI/c1-22-21(23-13-6-14-25-19-8-3-4-9-19)24-15-18-7-2-5-10-20(18)26-16-17-11-12-17;/h2,5,7,10,17,19H,3-4,6,8-9,11-16H2,1H3,(H2,22,23,24);1H. The van der Waals surface area contributed by atoms with Crippen molar-refractivity contribution >= 4 is 29.9 Å². The summed E-state index contributed by atoms with van der Waals surface area (Å²) in [6.07, 6.45) is 9.23. The molecule has 27 heavy (non-hydrogen) atoms. The first kappa shape index (κ1) is 22.3. The SMILES string of the molecule is CN=C(NCCCOC1CCCC1)NCc1ccccc1OCC1CC1.I. The Morgan fingerprint density at radius 3 is 2.63 bits per heavy atom. The number of hydrogen-bond acceptors (Lipinski definition) is 3. The van der Waals surface area contributed by atoms with Gasteiger partial charge in [0.1, 0.15) is 5.75 Å². The van der Waals surface area contributed by atoms with Crippen LogP contribution in [-0.4, -0.2) is 38.9 Å². The molecule has 2 saturated carbocycles. The van der Waals surface area contributed by atoms with Crippen molar-refractivity contribution in [3.63, 3.8) is 0 Å². The fraction of sp³-hybridized carbons (Fsp3) is 0.667. The smallest absolute Gasteiger partial charge is 0.191 e. The van der Waals surface area contributed by atoms with Crippen molar-refractivity contribution in [3.05, 3.63) is 29.8 Å². The molecule has 0 heterocycles. The van der Waals surface area contributed by atoms with E-state index in [1.165, 1.54) is 44.1 Å². The number of nitrogens with zero attached hydrogens (tertiary/aromatic N) is 1. The van der Waals surface area contributed by atoms with Gasteiger partial charge in [0.25, 0.3) is 0 Å². The summed E-state index contributed by atoms with van der Waals surface area (Å²) in [7, 11) is 1.81. The Bertz CT molecular complexity index is 572. The zero-order valence-electron chi connectivity index (χ0n) is 16.4. The lowest BCUT2D eigenvalue weighted by Crippen LogP contribution is -2.37. The van der Waals surface area contributed by atoms with Gasteiger partial charge >= 0.3 is 0 Å². The quantitative estimate of drug-likeness (QED) is 0.226. The predicted octanol–water partition coefficient (Wildman–Crippen LogP) is 4.11. The molecule has 2 aliphatic rings. The van der Waals surface area contributed by atoms with Crippen molar-refractivity contribution in [2.75, 3.05) is 26.8 Å². The van der Waals surface area contributed by atoms with Gasteiger partial charge in [0.15, 0.2) is 5.96 Å². The van der Waals surface area contributed by atoms with E-state index in [1.807, 2.05) is 6.07 Å². The normalized spacial score (nSPS) is 17.4. The van der Waals surface area contributed by atoms with Gasteiger partial charge in [-0.05, 0) is 44.1 Å². The van der Waals surface area contributed by atoms with E-state index in [0.29, 0.717) is 12.6 Å². The van der Waals surface area contributed by atoms with E-state index in [0.717, 1.165) is 43.8 Å². The van der Waals surface area contributed by atoms with E-state index in [4.69, 9.17) is 9.47 Å². The maximum atomic E-state index is 5.97. The minimum absolute atomic E-state index is 0. The van der Waals surface area contributed by atoms with Crippen molar-refractivity contribution in [3.8, 4) is 5.75 Å². The topological polar surface area (TPSA) is 54.9 Å². The molecule has 3 rings (SSSR count). The summed E-state index contributed by atoms with van der Waals surface area (Å²) in [5.41, 5.74) is 1.17. The minimum atomic E-state index is 0. The summed E-state index contributed by atoms with van der Waals surface area (Å²) in [6, 6.07) is 8.24. The first-order chi connectivity index (χ1) is 12.8. The molecule has 0 amide bonds. The van der Waals surface area contributed by atoms with E-state index in [-0.39, 0.29) is 24.0 Å². The van der Waals surface area contributed by atoms with Crippen molar-refractivity contribution in [2.45, 2.75) is 57.6 Å². The number of ether oxygens (including phenoxy) is 2. The summed E-state index contributed by atoms with van der Waals surface area (Å²) >= 11 is 0. The monoisotopic (exact) mass is 487 g/mol. The molecular formula is C21H34IN3O2. The molecule has 1 aromatic carbocycles. The third-order valence-electron chi connectivity index (χ3n) is 5.08. The third kappa shape index (κ3) is 8.25. The highest BCUT2D eigenvalue weighted by Gasteiger charge is 2.22. The molecule has 2 fully saturated rings. The van der Waals surface area contributed by atoms with Crippen LogP contribution in [0.4, 0.5) is 0 Å². The molecule has 0 unspecified atom stereocenters. The third-order valence-corrected chi connectivity index (χ3v) is 5.08. The van der Waals surface area contributed by atoms with Gasteiger partial charge in [-0.25, -0.2) is 0 Å². The van der Waals surface area contributed by atoms with Crippen molar-refractivity contribution in [2.24, 2.45) is 10.9 Å². The highest BCUT2D eigenvalue weighted by Crippen LogP contribution is 2.30. The molecular weight excluding hydrogens is 453 g/mol. The highest BCUT2D eigenvalue weighted by molar-refractivity contribution is 14.0. The molecule has 2 aliphatic carbocycles. The van der Waals surface area contributed by atoms with Gasteiger partial charge in [-0.15, -0.1) is 24.0 Å². The van der Waals surface area contributed by atoms with Gasteiger partial charge < -0.3 is 20.1 Å². The Kier molecular flexibility index (Phi) is 10.3. The Morgan fingerprint density at radius 1 is 1.11 bits per heavy atom. The molecule has 0 aromatic heterocycles. The lowest BCUT2D eigenvalue weighted by Gasteiger charge is -2.15. The zero-order chi connectivity index (χ0) is 18.0. The zero-order valence-corrected chi connectivity index (χ0v) is 18.7. The Labute approximate surface area is 180 Å². The fourth-order valence-corrected chi connectivity index (χ4v) is 3.27. The first-order valence-corrected chi connectivity index (χ1v) is 10.1. The number of para-hydroxylation sites is 1. The van der Waals surface area contributed by atoms with Crippen LogP contribution in [0.3, 0.4) is 0 Å². The van der Waals surface area contributed by atoms with Gasteiger partial charge in [0, 0.05) is 32.3 Å². The Morgan fingerprint density at radius 2 is 1.89 bits per heavy atom. The first-order valence-electron chi connectivity index (χ1n) is 10.1. The summed E-state index contributed by atoms with van der Waals surface area (Å²) in [5.74, 6) is 2.56. The molecule has 0 aliphatic heterocycles. The van der Waals surface area contributed by atoms with Crippen LogP contribution in [0.25, 0.3) is 0 Å². The van der Waals surface area contributed by atoms with Crippen LogP contribution >= 0.6 is 24.0 Å². The van der Waals surface area contributed by atoms with Gasteiger partial charge in [-0.3, -0.25) is 4.99 Å². The lowest BCUT2D eigenvalue weighted by molar-refractivity contribution is 0.0574. The molecule has 0 atom stereocenters. The maximum Gasteiger partial charge on any atom is 0.191 e. The second-order valence-corrected chi connectivity index (χ2v) is 7.35. The van der Waals surface area contributed by atoms with Crippen LogP contribution in [0.2, 0.25) is 0 Å². The highest BCUT2D eigenvalue weighted by atomic mass is 127. The molecule has 0 radical (unpaired) electrons. The summed E-state index contributed by atoms with van der Waals surface area (Å²) in [4.78, 5) is 4.30. The fourth-order valence-electron chi connectivity index (χ4n) is 3.27. The molecule has 152 valence electrons. The number of nitrogens with one attached hydrogen (secondary N) is 2. The number of guanidine groups is 1. The molecule has 1 aromatic rings. The molecule has 0 bridgehead atoms. The molecule has 0 spiro atoms. The number of aliphatic imine (C=N–C) groups is 1. The molecule has 6 heteroatoms. The number of rotatable bonds is 10. The van der Waals surface area contributed by atoms with Crippen LogP contribution in [0, 0.1) is 5.92 Å². The Hall–Kier alpha value is -1.02. The van der Waals surface area contributed by atoms with Crippen LogP contribution in [0.1, 0.15) is 50.5 Å². The minimum Gasteiger partial charge on any atom is -0.493 e. The van der Waals surface area contributed by atoms with E-state index in [1.54, 1.807) is 7.05 Å². The second-order valence-electron chi connectivity index (χ2n) is 7.35. The average molecular weight is 487 g/mol. The maximum absolute atomic E-state index is 5.97. The Balaban J connectivity index is 0.00000261. The van der Waals surface area contributed by atoms with Crippen LogP contribution in [0.5, 0.6) is 5.75 Å². The summed E-state index contributed by atoms with van der Waals surface area (Å²) < 4.78 is 11.9. The van der Waals surface area contributed by atoms with E-state index >= 15 is 0 Å². The summed E-state index contributed by atoms with van der Waals surface area (Å²) in [6.45, 7) is 3.24. The summed E-state index contributed by atoms with van der Waals surface area (Å²) in [5, 5.41) is 6.74. The van der Waals surface area contributed by atoms with Crippen LogP contribution < -0.4 is 15.4 Å². The van der Waals surface area contributed by atoms with E-state index < -0.39 is 0 Å². The van der Waals surface area contributed by atoms with Gasteiger partial charge in [0.2, 0.25) is 0 Å². The number of halogens is 1. The van der Waals surface area contributed by atoms with E-state index in [9.17, 15) is 0 Å². The lowest BCUT2D eigenvalue weighted by atomic mass is 10.2. The van der Waals surface area contributed by atoms with Crippen LogP contribution in [0.15, 0.2) is 29.3 Å². The predicted molar refractivity (Wildman–Crippen MR) is 121 cm³/mol. The number of hydrogen-bond donors (Lipinski definition) is 2. The molecule has 2 N–H and O–H groups in total. The average Bonchev–Trinajstić information content (AvgIpc) is 3.36. The molecule has 0 saturated heterocycles. The van der Waals surface area contributed by atoms with E-state index in [2.05, 4.69) is 33.8 Å². The van der Waals surface area contributed by atoms with Crippen LogP contribution in [-0.2, 0) is 11.3 Å². The number of benzene rings is 1. The van der Waals surface area contributed by atoms with Crippen molar-refractivity contribution < 1.29 is 9.47 Å². The van der Waals surface area contributed by atoms with Crippen molar-refractivity contribution in [1.29, 1.82) is 0 Å². The molecule has 5 nitrogen and oxygen atoms in total. The van der Waals surface area contributed by atoms with Gasteiger partial charge in [0.05, 0.1) is 12.7 Å². The van der Waals surface area contributed by atoms with Gasteiger partial charge in [-0.2, -0.15) is 0 Å². The largest absolute Gasteiger partial charge is 0.493 e. The van der Waals surface area contributed by atoms with Crippen molar-refractivity contribution in [1.82, 2.24) is 10.6 Å².